The zero-order valence-corrected chi connectivity index (χ0v) is 10.0. The van der Waals surface area contributed by atoms with Gasteiger partial charge in [0.2, 0.25) is 0 Å². The summed E-state index contributed by atoms with van der Waals surface area (Å²) in [4.78, 5) is 18.0. The molecule has 0 radical (unpaired) electrons. The quantitative estimate of drug-likeness (QED) is 0.785. The summed E-state index contributed by atoms with van der Waals surface area (Å²) >= 11 is 0. The number of carbonyl (C=O) groups is 1. The van der Waals surface area contributed by atoms with Crippen molar-refractivity contribution < 1.29 is 9.53 Å². The number of amides is 1. The third-order valence-corrected chi connectivity index (χ3v) is 2.77. The molecule has 17 heavy (non-hydrogen) atoms. The third-order valence-electron chi connectivity index (χ3n) is 2.77. The van der Waals surface area contributed by atoms with E-state index in [1.165, 1.54) is 0 Å². The highest BCUT2D eigenvalue weighted by molar-refractivity contribution is 5.92. The zero-order chi connectivity index (χ0) is 12.3. The first-order valence-corrected chi connectivity index (χ1v) is 5.83. The molecule has 1 aromatic rings. The monoisotopic (exact) mass is 238 g/mol. The normalized spacial score (nSPS) is 20.6. The second-order valence-corrected chi connectivity index (χ2v) is 4.22. The van der Waals surface area contributed by atoms with Gasteiger partial charge >= 0.3 is 0 Å². The highest BCUT2D eigenvalue weighted by atomic mass is 16.5. The fraction of sp³-hybridized carbons (Fsp3) is 0.636. The average Bonchev–Trinajstić information content (AvgIpc) is 2.77. The second kappa shape index (κ2) is 5.29. The Balaban J connectivity index is 2.02. The molecule has 1 aromatic heterocycles. The minimum absolute atomic E-state index is 0.0316. The summed E-state index contributed by atoms with van der Waals surface area (Å²) in [5, 5.41) is 0. The molecule has 2 rings (SSSR count). The first kappa shape index (κ1) is 12.1. The molecule has 1 unspecified atom stereocenters. The molecule has 1 amide bonds. The summed E-state index contributed by atoms with van der Waals surface area (Å²) in [6.07, 6.45) is 3.48. The van der Waals surface area contributed by atoms with Gasteiger partial charge in [0.25, 0.3) is 5.91 Å². The lowest BCUT2D eigenvalue weighted by atomic mass is 10.3. The fourth-order valence-electron chi connectivity index (χ4n) is 1.91. The number of nitrogens with two attached hydrogens (primary N) is 1. The highest BCUT2D eigenvalue weighted by Crippen LogP contribution is 2.09. The van der Waals surface area contributed by atoms with E-state index < -0.39 is 0 Å². The van der Waals surface area contributed by atoms with Crippen LogP contribution in [0.5, 0.6) is 0 Å². The summed E-state index contributed by atoms with van der Waals surface area (Å²) < 4.78 is 7.23. The van der Waals surface area contributed by atoms with Crippen molar-refractivity contribution in [1.82, 2.24) is 14.5 Å². The largest absolute Gasteiger partial charge is 0.375 e. The van der Waals surface area contributed by atoms with Crippen LogP contribution in [-0.4, -0.2) is 52.7 Å². The summed E-state index contributed by atoms with van der Waals surface area (Å²) in [5.41, 5.74) is 5.93. The van der Waals surface area contributed by atoms with Crippen LogP contribution in [0.3, 0.4) is 0 Å². The molecular formula is C11H18N4O2. The van der Waals surface area contributed by atoms with Gasteiger partial charge in [0.15, 0.2) is 0 Å². The lowest BCUT2D eigenvalue weighted by Crippen LogP contribution is -2.44. The van der Waals surface area contributed by atoms with Crippen LogP contribution in [0.25, 0.3) is 0 Å². The molecule has 94 valence electrons. The standard InChI is InChI=1S/C11H18N4O2/c1-9-6-15(4-5-17-9)11(16)10-7-14(3-2-12)8-13-10/h7-9H,2-6,12H2,1H3. The molecule has 6 heteroatoms. The number of carbonyl (C=O) groups excluding carboxylic acids is 1. The van der Waals surface area contributed by atoms with E-state index in [-0.39, 0.29) is 12.0 Å². The Morgan fingerprint density at radius 3 is 3.24 bits per heavy atom. The van der Waals surface area contributed by atoms with E-state index in [1.807, 2.05) is 11.5 Å². The van der Waals surface area contributed by atoms with Crippen molar-refractivity contribution in [3.05, 3.63) is 18.2 Å². The number of hydrogen-bond donors (Lipinski definition) is 1. The maximum Gasteiger partial charge on any atom is 0.274 e. The van der Waals surface area contributed by atoms with Crippen LogP contribution in [0.15, 0.2) is 12.5 Å². The van der Waals surface area contributed by atoms with Crippen molar-refractivity contribution in [3.63, 3.8) is 0 Å². The van der Waals surface area contributed by atoms with Crippen molar-refractivity contribution in [2.45, 2.75) is 19.6 Å². The van der Waals surface area contributed by atoms with Crippen LogP contribution in [-0.2, 0) is 11.3 Å². The van der Waals surface area contributed by atoms with Gasteiger partial charge in [-0.3, -0.25) is 4.79 Å². The van der Waals surface area contributed by atoms with Crippen molar-refractivity contribution in [3.8, 4) is 0 Å². The van der Waals surface area contributed by atoms with Crippen LogP contribution >= 0.6 is 0 Å². The summed E-state index contributed by atoms with van der Waals surface area (Å²) in [6, 6.07) is 0. The molecule has 0 spiro atoms. The SMILES string of the molecule is CC1CN(C(=O)c2cn(CCN)cn2)CCO1. The minimum Gasteiger partial charge on any atom is -0.375 e. The topological polar surface area (TPSA) is 73.4 Å². The Morgan fingerprint density at radius 2 is 2.53 bits per heavy atom. The molecule has 0 aromatic carbocycles. The summed E-state index contributed by atoms with van der Waals surface area (Å²) in [6.45, 7) is 5.04. The summed E-state index contributed by atoms with van der Waals surface area (Å²) in [5.74, 6) is -0.0316. The summed E-state index contributed by atoms with van der Waals surface area (Å²) in [7, 11) is 0. The molecule has 6 nitrogen and oxygen atoms in total. The molecule has 1 fully saturated rings. The number of imidazole rings is 1. The van der Waals surface area contributed by atoms with E-state index in [9.17, 15) is 4.79 Å². The number of ether oxygens (including phenoxy) is 1. The van der Waals surface area contributed by atoms with Crippen molar-refractivity contribution in [2.24, 2.45) is 5.73 Å². The molecule has 0 saturated carbocycles. The van der Waals surface area contributed by atoms with Gasteiger partial charge in [-0.25, -0.2) is 4.98 Å². The van der Waals surface area contributed by atoms with Gasteiger partial charge in [0.1, 0.15) is 5.69 Å². The molecular weight excluding hydrogens is 220 g/mol. The predicted octanol–water partition coefficient (Wildman–Crippen LogP) is -0.297. The second-order valence-electron chi connectivity index (χ2n) is 4.22. The lowest BCUT2D eigenvalue weighted by molar-refractivity contribution is -0.0126. The molecule has 1 aliphatic heterocycles. The van der Waals surface area contributed by atoms with E-state index >= 15 is 0 Å². The van der Waals surface area contributed by atoms with Crippen molar-refractivity contribution in [1.29, 1.82) is 0 Å². The lowest BCUT2D eigenvalue weighted by Gasteiger charge is -2.30. The molecule has 0 bridgehead atoms. The Bertz CT molecular complexity index is 391. The molecule has 2 heterocycles. The number of rotatable bonds is 3. The smallest absolute Gasteiger partial charge is 0.274 e. The van der Waals surface area contributed by atoms with E-state index in [2.05, 4.69) is 4.98 Å². The van der Waals surface area contributed by atoms with E-state index in [0.717, 1.165) is 0 Å². The first-order chi connectivity index (χ1) is 8.20. The predicted molar refractivity (Wildman–Crippen MR) is 62.6 cm³/mol. The van der Waals surface area contributed by atoms with Gasteiger partial charge in [-0.15, -0.1) is 0 Å². The Kier molecular flexibility index (Phi) is 3.75. The third kappa shape index (κ3) is 2.83. The van der Waals surface area contributed by atoms with Crippen LogP contribution in [0.1, 0.15) is 17.4 Å². The Labute approximate surface area is 100 Å². The number of nitrogens with zero attached hydrogens (tertiary/aromatic N) is 3. The maximum absolute atomic E-state index is 12.1. The molecule has 0 aliphatic carbocycles. The molecule has 2 N–H and O–H groups in total. The Morgan fingerprint density at radius 1 is 1.71 bits per heavy atom. The average molecular weight is 238 g/mol. The van der Waals surface area contributed by atoms with Gasteiger partial charge in [0.05, 0.1) is 19.0 Å². The van der Waals surface area contributed by atoms with Gasteiger partial charge < -0.3 is 19.9 Å². The van der Waals surface area contributed by atoms with Crippen LogP contribution in [0.2, 0.25) is 0 Å². The van der Waals surface area contributed by atoms with Gasteiger partial charge in [-0.2, -0.15) is 0 Å². The minimum atomic E-state index is -0.0316. The highest BCUT2D eigenvalue weighted by Gasteiger charge is 2.23. The van der Waals surface area contributed by atoms with Crippen LogP contribution in [0, 0.1) is 0 Å². The zero-order valence-electron chi connectivity index (χ0n) is 10.0. The van der Waals surface area contributed by atoms with E-state index in [0.29, 0.717) is 38.5 Å². The van der Waals surface area contributed by atoms with Crippen LogP contribution in [0.4, 0.5) is 0 Å². The van der Waals surface area contributed by atoms with E-state index in [4.69, 9.17) is 10.5 Å². The van der Waals surface area contributed by atoms with Crippen LogP contribution < -0.4 is 5.73 Å². The number of aromatic nitrogens is 2. The molecule has 1 saturated heterocycles. The van der Waals surface area contributed by atoms with Gasteiger partial charge in [-0.1, -0.05) is 0 Å². The maximum atomic E-state index is 12.1. The Hall–Kier alpha value is -1.40. The van der Waals surface area contributed by atoms with Gasteiger partial charge in [0, 0.05) is 32.4 Å². The molecule has 1 atom stereocenters. The number of morpholine rings is 1. The van der Waals surface area contributed by atoms with Gasteiger partial charge in [-0.05, 0) is 6.92 Å². The molecule has 1 aliphatic rings. The number of hydrogen-bond acceptors (Lipinski definition) is 4. The first-order valence-electron chi connectivity index (χ1n) is 5.83. The van der Waals surface area contributed by atoms with Crippen molar-refractivity contribution in [2.75, 3.05) is 26.2 Å². The van der Waals surface area contributed by atoms with E-state index in [1.54, 1.807) is 17.4 Å². The fourth-order valence-corrected chi connectivity index (χ4v) is 1.91. The van der Waals surface area contributed by atoms with Crippen molar-refractivity contribution >= 4 is 5.91 Å².